The molecule has 1 fully saturated rings. The molecule has 0 spiro atoms. The Morgan fingerprint density at radius 2 is 1.75 bits per heavy atom. The van der Waals surface area contributed by atoms with Gasteiger partial charge in [0.05, 0.1) is 19.3 Å². The van der Waals surface area contributed by atoms with Gasteiger partial charge in [-0.05, 0) is 67.5 Å². The van der Waals surface area contributed by atoms with E-state index in [-0.39, 0.29) is 52.1 Å². The van der Waals surface area contributed by atoms with Crippen LogP contribution in [0.1, 0.15) is 98.1 Å². The fourth-order valence-electron chi connectivity index (χ4n) is 5.83. The molecule has 6 atom stereocenters. The van der Waals surface area contributed by atoms with Gasteiger partial charge in [0.1, 0.15) is 11.9 Å². The molecular weight excluding hydrogens is 581 g/mol. The van der Waals surface area contributed by atoms with E-state index >= 15 is 0 Å². The number of carbonyl (C=O) groups is 1. The average Bonchev–Trinajstić information content (AvgIpc) is 3.43. The topological polar surface area (TPSA) is 54.0 Å². The molecule has 0 aromatic heterocycles. The number of benzene rings is 1. The van der Waals surface area contributed by atoms with E-state index in [2.05, 4.69) is 117 Å². The van der Waals surface area contributed by atoms with Gasteiger partial charge in [0.2, 0.25) is 0 Å². The molecule has 44 heavy (non-hydrogen) atoms. The molecule has 0 amide bonds. The zero-order chi connectivity index (χ0) is 33.1. The van der Waals surface area contributed by atoms with Gasteiger partial charge in [-0.25, -0.2) is 0 Å². The van der Waals surface area contributed by atoms with E-state index in [1.54, 1.807) is 0 Å². The number of carbonyl (C=O) groups excluding carboxylic acids is 1. The second-order valence-corrected chi connectivity index (χ2v) is 25.5. The fourth-order valence-corrected chi connectivity index (χ4v) is 8.54. The normalized spacial score (nSPS) is 23.4. The predicted octanol–water partition coefficient (Wildman–Crippen LogP) is 9.43. The highest BCUT2D eigenvalue weighted by atomic mass is 28.4. The molecule has 1 aromatic carbocycles. The molecule has 1 heterocycles. The van der Waals surface area contributed by atoms with Gasteiger partial charge in [0.25, 0.3) is 0 Å². The number of methoxy groups -OCH3 is 1. The third-order valence-corrected chi connectivity index (χ3v) is 19.7. The van der Waals surface area contributed by atoms with Crippen LogP contribution >= 0.6 is 0 Å². The molecule has 0 bridgehead atoms. The van der Waals surface area contributed by atoms with Crippen molar-refractivity contribution in [2.75, 3.05) is 7.11 Å². The third-order valence-electron chi connectivity index (χ3n) is 10.7. The Balaban J connectivity index is 2.01. The van der Waals surface area contributed by atoms with Gasteiger partial charge >= 0.3 is 5.97 Å². The van der Waals surface area contributed by atoms with Crippen LogP contribution in [0.15, 0.2) is 30.4 Å². The van der Waals surface area contributed by atoms with Crippen LogP contribution in [0.5, 0.6) is 5.75 Å². The zero-order valence-electron chi connectivity index (χ0n) is 29.9. The maximum absolute atomic E-state index is 11.7. The first-order valence-electron chi connectivity index (χ1n) is 16.6. The highest BCUT2D eigenvalue weighted by Gasteiger charge is 2.52. The van der Waals surface area contributed by atoms with E-state index in [0.29, 0.717) is 6.42 Å². The lowest BCUT2D eigenvalue weighted by Gasteiger charge is -2.41. The fraction of sp³-hybridized carbons (Fsp3) is 0.703. The molecule has 1 aliphatic carbocycles. The van der Waals surface area contributed by atoms with Crippen molar-refractivity contribution in [3.05, 3.63) is 41.5 Å². The van der Waals surface area contributed by atoms with Crippen molar-refractivity contribution in [1.29, 1.82) is 0 Å². The Hall–Kier alpha value is -1.86. The van der Waals surface area contributed by atoms with Crippen molar-refractivity contribution in [3.63, 3.8) is 0 Å². The Kier molecular flexibility index (Phi) is 11.9. The van der Waals surface area contributed by atoms with Crippen molar-refractivity contribution in [2.24, 2.45) is 11.8 Å². The molecular formula is C37H60O5Si2. The smallest absolute Gasteiger partial charge is 0.305 e. The van der Waals surface area contributed by atoms with Gasteiger partial charge < -0.3 is 18.3 Å². The van der Waals surface area contributed by atoms with Crippen molar-refractivity contribution in [2.45, 2.75) is 148 Å². The van der Waals surface area contributed by atoms with Crippen molar-refractivity contribution < 1.29 is 23.1 Å². The summed E-state index contributed by atoms with van der Waals surface area (Å²) in [5.74, 6) is 7.91. The van der Waals surface area contributed by atoms with Gasteiger partial charge in [-0.15, -0.1) is 11.8 Å². The summed E-state index contributed by atoms with van der Waals surface area (Å²) < 4.78 is 25.9. The number of fused-ring (bicyclic) bond motifs is 3. The zero-order valence-corrected chi connectivity index (χ0v) is 31.9. The summed E-state index contributed by atoms with van der Waals surface area (Å²) >= 11 is 0. The summed E-state index contributed by atoms with van der Waals surface area (Å²) in [5.41, 5.74) is 2.45. The number of esters is 1. The minimum absolute atomic E-state index is 0.0178. The number of para-hydroxylation sites is 1. The minimum Gasteiger partial charge on any atom is -0.489 e. The van der Waals surface area contributed by atoms with Gasteiger partial charge in [-0.2, -0.15) is 0 Å². The van der Waals surface area contributed by atoms with Crippen LogP contribution in [0.2, 0.25) is 36.3 Å². The lowest BCUT2D eigenvalue weighted by atomic mass is 9.86. The number of rotatable bonds is 12. The summed E-state index contributed by atoms with van der Waals surface area (Å²) in [6, 6.07) is 6.53. The van der Waals surface area contributed by atoms with Crippen LogP contribution in [0.4, 0.5) is 0 Å². The molecule has 3 rings (SSSR count). The summed E-state index contributed by atoms with van der Waals surface area (Å²) in [6.07, 6.45) is 8.51. The summed E-state index contributed by atoms with van der Waals surface area (Å²) in [4.78, 5) is 11.7. The first-order chi connectivity index (χ1) is 20.3. The molecule has 246 valence electrons. The lowest BCUT2D eigenvalue weighted by molar-refractivity contribution is -0.140. The van der Waals surface area contributed by atoms with Gasteiger partial charge in [-0.1, -0.05) is 78.8 Å². The van der Waals surface area contributed by atoms with Crippen LogP contribution in [0.25, 0.3) is 0 Å². The molecule has 1 saturated carbocycles. The van der Waals surface area contributed by atoms with Gasteiger partial charge in [0, 0.05) is 36.7 Å². The first kappa shape index (κ1) is 36.6. The minimum atomic E-state index is -2.03. The molecule has 0 saturated heterocycles. The number of aryl methyl sites for hydroxylation is 1. The number of ether oxygens (including phenoxy) is 2. The van der Waals surface area contributed by atoms with E-state index in [1.807, 2.05) is 6.92 Å². The first-order valence-corrected chi connectivity index (χ1v) is 22.4. The van der Waals surface area contributed by atoms with Crippen LogP contribution < -0.4 is 4.74 Å². The van der Waals surface area contributed by atoms with Crippen LogP contribution in [-0.2, 0) is 24.8 Å². The second-order valence-electron chi connectivity index (χ2n) is 16.0. The molecule has 0 N–H and O–H groups in total. The average molecular weight is 641 g/mol. The molecule has 1 aliphatic heterocycles. The molecule has 1 aromatic rings. The van der Waals surface area contributed by atoms with Crippen LogP contribution in [0.3, 0.4) is 0 Å². The number of hydrogen-bond donors (Lipinski definition) is 0. The maximum Gasteiger partial charge on any atom is 0.305 e. The van der Waals surface area contributed by atoms with E-state index in [1.165, 1.54) is 18.2 Å². The quantitative estimate of drug-likeness (QED) is 0.0986. The predicted molar refractivity (Wildman–Crippen MR) is 187 cm³/mol. The Bertz CT molecular complexity index is 1230. The third kappa shape index (κ3) is 8.48. The van der Waals surface area contributed by atoms with Crippen LogP contribution in [-0.4, -0.2) is 48.0 Å². The van der Waals surface area contributed by atoms with E-state index in [4.69, 9.17) is 18.3 Å². The van der Waals surface area contributed by atoms with Crippen molar-refractivity contribution in [1.82, 2.24) is 0 Å². The van der Waals surface area contributed by atoms with Gasteiger partial charge in [-0.3, -0.25) is 4.79 Å². The van der Waals surface area contributed by atoms with Gasteiger partial charge in [0.15, 0.2) is 16.6 Å². The van der Waals surface area contributed by atoms with E-state index in [0.717, 1.165) is 31.4 Å². The Morgan fingerprint density at radius 1 is 1.09 bits per heavy atom. The highest BCUT2D eigenvalue weighted by Crippen LogP contribution is 2.54. The summed E-state index contributed by atoms with van der Waals surface area (Å²) in [5, 5.41) is 0.232. The summed E-state index contributed by atoms with van der Waals surface area (Å²) in [7, 11) is -2.61. The van der Waals surface area contributed by atoms with E-state index < -0.39 is 16.6 Å². The molecule has 7 heteroatoms. The molecule has 0 radical (unpaired) electrons. The Morgan fingerprint density at radius 3 is 2.34 bits per heavy atom. The lowest BCUT2D eigenvalue weighted by Crippen LogP contribution is -2.45. The van der Waals surface area contributed by atoms with Crippen molar-refractivity contribution in [3.8, 4) is 17.6 Å². The Labute approximate surface area is 271 Å². The largest absolute Gasteiger partial charge is 0.489 e. The monoisotopic (exact) mass is 640 g/mol. The molecule has 1 unspecified atom stereocenters. The SMILES string of the molecule is CC#CC[C@H](C)[C@@H](/C=C/[C@H]1C(O[Si](C)(C)C(C)(C)C)C[C@@H]2Oc3c(CCCC(=O)OC)cccc3[C@@H]21)O[Si](C)(C)C(C)(C)C. The molecule has 5 nitrogen and oxygen atoms in total. The second kappa shape index (κ2) is 14.3. The van der Waals surface area contributed by atoms with E-state index in [9.17, 15) is 4.79 Å². The molecule has 2 aliphatic rings. The summed E-state index contributed by atoms with van der Waals surface area (Å²) in [6.45, 7) is 27.4. The number of hydrogen-bond acceptors (Lipinski definition) is 5. The van der Waals surface area contributed by atoms with Crippen LogP contribution in [0, 0.1) is 23.7 Å². The standard InChI is InChI=1S/C37H60O5Si2/c1-14-15-18-26(2)30(41-43(10,11)36(3,4)5)24-23-28-31(42-44(12,13)37(6,7)8)25-32-34(28)29-21-16-19-27(35(29)40-32)20-17-22-33(38)39-9/h16,19,21,23-24,26,28,30-32,34H,17-18,20,22,25H2,1-13H3/b24-23+/t26-,28-,30+,31?,32-,34-/m0/s1. The van der Waals surface area contributed by atoms with Crippen molar-refractivity contribution >= 4 is 22.6 Å². The maximum atomic E-state index is 11.7. The highest BCUT2D eigenvalue weighted by molar-refractivity contribution is 6.74.